The monoisotopic (exact) mass is 448 g/mol. The van der Waals surface area contributed by atoms with Crippen molar-refractivity contribution in [2.45, 2.75) is 19.5 Å². The minimum Gasteiger partial charge on any atom is -0.467 e. The molecule has 1 saturated heterocycles. The summed E-state index contributed by atoms with van der Waals surface area (Å²) < 4.78 is 10.6. The van der Waals surface area contributed by atoms with Crippen molar-refractivity contribution >= 4 is 28.9 Å². The number of para-hydroxylation sites is 1. The lowest BCUT2D eigenvalue weighted by Crippen LogP contribution is -2.36. The average molecular weight is 449 g/mol. The van der Waals surface area contributed by atoms with E-state index in [0.717, 1.165) is 37.7 Å². The van der Waals surface area contributed by atoms with Gasteiger partial charge in [-0.3, -0.25) is 9.59 Å². The van der Waals surface area contributed by atoms with Crippen LogP contribution in [0.15, 0.2) is 71.3 Å². The van der Waals surface area contributed by atoms with Crippen LogP contribution in [-0.4, -0.2) is 44.2 Å². The van der Waals surface area contributed by atoms with E-state index < -0.39 is 6.04 Å². The maximum Gasteiger partial charge on any atom is 0.253 e. The SMILES string of the molecule is C[C@@H](Nc1ccccc1C(=O)NCc1ccco1)C(=O)Nc1ccc(N2CCOCC2)cc1. The van der Waals surface area contributed by atoms with Crippen molar-refractivity contribution in [2.75, 3.05) is 41.8 Å². The first kappa shape index (κ1) is 22.4. The summed E-state index contributed by atoms with van der Waals surface area (Å²) in [5, 5.41) is 8.91. The summed E-state index contributed by atoms with van der Waals surface area (Å²) in [4.78, 5) is 27.7. The quantitative estimate of drug-likeness (QED) is 0.488. The Morgan fingerprint density at radius 3 is 2.48 bits per heavy atom. The van der Waals surface area contributed by atoms with Gasteiger partial charge >= 0.3 is 0 Å². The van der Waals surface area contributed by atoms with Crippen LogP contribution in [-0.2, 0) is 16.1 Å². The summed E-state index contributed by atoms with van der Waals surface area (Å²) in [6.07, 6.45) is 1.56. The molecule has 2 amide bonds. The predicted molar refractivity (Wildman–Crippen MR) is 128 cm³/mol. The maximum absolute atomic E-state index is 12.8. The fraction of sp³-hybridized carbons (Fsp3) is 0.280. The van der Waals surface area contributed by atoms with Crippen molar-refractivity contribution in [1.29, 1.82) is 0 Å². The number of amides is 2. The lowest BCUT2D eigenvalue weighted by atomic mass is 10.1. The number of anilines is 3. The van der Waals surface area contributed by atoms with Gasteiger partial charge in [-0.2, -0.15) is 0 Å². The van der Waals surface area contributed by atoms with Crippen LogP contribution >= 0.6 is 0 Å². The van der Waals surface area contributed by atoms with Crippen molar-refractivity contribution in [3.8, 4) is 0 Å². The van der Waals surface area contributed by atoms with Crippen LogP contribution < -0.4 is 20.9 Å². The van der Waals surface area contributed by atoms with Crippen LogP contribution in [0, 0.1) is 0 Å². The average Bonchev–Trinajstić information content (AvgIpc) is 3.38. The van der Waals surface area contributed by atoms with Gasteiger partial charge < -0.3 is 30.0 Å². The van der Waals surface area contributed by atoms with Gasteiger partial charge in [-0.1, -0.05) is 12.1 Å². The lowest BCUT2D eigenvalue weighted by molar-refractivity contribution is -0.116. The molecule has 33 heavy (non-hydrogen) atoms. The van der Waals surface area contributed by atoms with Gasteiger partial charge in [0, 0.05) is 30.2 Å². The Morgan fingerprint density at radius 1 is 1.00 bits per heavy atom. The van der Waals surface area contributed by atoms with E-state index in [4.69, 9.17) is 9.15 Å². The molecule has 1 aromatic heterocycles. The van der Waals surface area contributed by atoms with Crippen LogP contribution in [0.25, 0.3) is 0 Å². The van der Waals surface area contributed by atoms with Gasteiger partial charge in [0.25, 0.3) is 5.91 Å². The molecule has 3 N–H and O–H groups in total. The lowest BCUT2D eigenvalue weighted by Gasteiger charge is -2.29. The number of nitrogens with zero attached hydrogens (tertiary/aromatic N) is 1. The Labute approximate surface area is 192 Å². The molecule has 4 rings (SSSR count). The van der Waals surface area contributed by atoms with Crippen molar-refractivity contribution in [3.63, 3.8) is 0 Å². The molecule has 172 valence electrons. The molecule has 3 aromatic rings. The first-order valence-electron chi connectivity index (χ1n) is 11.0. The van der Waals surface area contributed by atoms with E-state index >= 15 is 0 Å². The molecule has 1 aliphatic heterocycles. The molecule has 0 radical (unpaired) electrons. The molecule has 0 saturated carbocycles. The standard InChI is InChI=1S/C25H28N4O4/c1-18(24(30)28-19-8-10-20(11-9-19)29-12-15-32-16-13-29)27-23-7-3-2-6-22(23)25(31)26-17-21-5-4-14-33-21/h2-11,14,18,27H,12-13,15-17H2,1H3,(H,26,31)(H,28,30)/t18-/m1/s1. The Hall–Kier alpha value is -3.78. The summed E-state index contributed by atoms with van der Waals surface area (Å²) >= 11 is 0. The molecule has 1 fully saturated rings. The predicted octanol–water partition coefficient (Wildman–Crippen LogP) is 3.49. The van der Waals surface area contributed by atoms with Gasteiger partial charge in [-0.05, 0) is 55.5 Å². The van der Waals surface area contributed by atoms with E-state index in [1.807, 2.05) is 30.3 Å². The molecular weight excluding hydrogens is 420 g/mol. The Kier molecular flexibility index (Phi) is 7.26. The highest BCUT2D eigenvalue weighted by atomic mass is 16.5. The number of rotatable bonds is 8. The molecule has 8 nitrogen and oxygen atoms in total. The zero-order valence-electron chi connectivity index (χ0n) is 18.5. The minimum atomic E-state index is -0.553. The molecule has 1 aliphatic rings. The largest absolute Gasteiger partial charge is 0.467 e. The van der Waals surface area contributed by atoms with E-state index in [9.17, 15) is 9.59 Å². The first-order valence-corrected chi connectivity index (χ1v) is 11.0. The molecule has 0 aliphatic carbocycles. The second kappa shape index (κ2) is 10.7. The van der Waals surface area contributed by atoms with Crippen LogP contribution in [0.1, 0.15) is 23.0 Å². The highest BCUT2D eigenvalue weighted by Crippen LogP contribution is 2.20. The van der Waals surface area contributed by atoms with Crippen LogP contribution in [0.3, 0.4) is 0 Å². The maximum atomic E-state index is 12.8. The summed E-state index contributed by atoms with van der Waals surface area (Å²) in [7, 11) is 0. The number of ether oxygens (including phenoxy) is 1. The van der Waals surface area contributed by atoms with Gasteiger partial charge in [-0.25, -0.2) is 0 Å². The number of carbonyl (C=O) groups is 2. The summed E-state index contributed by atoms with van der Waals surface area (Å²) in [6, 6.07) is 17.9. The Bertz CT molecular complexity index is 1060. The van der Waals surface area contributed by atoms with E-state index in [0.29, 0.717) is 17.0 Å². The molecule has 2 aromatic carbocycles. The molecule has 0 unspecified atom stereocenters. The number of nitrogens with one attached hydrogen (secondary N) is 3. The second-order valence-corrected chi connectivity index (χ2v) is 7.81. The fourth-order valence-electron chi connectivity index (χ4n) is 3.61. The molecule has 1 atom stereocenters. The van der Waals surface area contributed by atoms with Crippen molar-refractivity contribution in [2.24, 2.45) is 0 Å². The summed E-state index contributed by atoms with van der Waals surface area (Å²) in [5.41, 5.74) is 2.87. The van der Waals surface area contributed by atoms with Gasteiger partial charge in [0.2, 0.25) is 5.91 Å². The minimum absolute atomic E-state index is 0.195. The third-order valence-corrected chi connectivity index (χ3v) is 5.45. The zero-order chi connectivity index (χ0) is 23.0. The highest BCUT2D eigenvalue weighted by Gasteiger charge is 2.18. The van der Waals surface area contributed by atoms with Crippen molar-refractivity contribution in [1.82, 2.24) is 5.32 Å². The van der Waals surface area contributed by atoms with E-state index in [1.54, 1.807) is 43.5 Å². The normalized spacial score (nSPS) is 14.4. The van der Waals surface area contributed by atoms with Gasteiger partial charge in [-0.15, -0.1) is 0 Å². The number of carbonyl (C=O) groups excluding carboxylic acids is 2. The van der Waals surface area contributed by atoms with Gasteiger partial charge in [0.15, 0.2) is 0 Å². The Morgan fingerprint density at radius 2 is 1.76 bits per heavy atom. The smallest absolute Gasteiger partial charge is 0.253 e. The third kappa shape index (κ3) is 5.93. The molecular formula is C25H28N4O4. The van der Waals surface area contributed by atoms with Crippen LogP contribution in [0.2, 0.25) is 0 Å². The van der Waals surface area contributed by atoms with Crippen LogP contribution in [0.4, 0.5) is 17.1 Å². The number of hydrogen-bond acceptors (Lipinski definition) is 6. The van der Waals surface area contributed by atoms with Gasteiger partial charge in [0.1, 0.15) is 11.8 Å². The summed E-state index contributed by atoms with van der Waals surface area (Å²) in [5.74, 6) is 0.224. The highest BCUT2D eigenvalue weighted by molar-refractivity contribution is 6.01. The Balaban J connectivity index is 1.34. The summed E-state index contributed by atoms with van der Waals surface area (Å²) in [6.45, 7) is 5.22. The number of furan rings is 1. The van der Waals surface area contributed by atoms with E-state index in [-0.39, 0.29) is 18.4 Å². The fourth-order valence-corrected chi connectivity index (χ4v) is 3.61. The van der Waals surface area contributed by atoms with E-state index in [2.05, 4.69) is 20.9 Å². The third-order valence-electron chi connectivity index (χ3n) is 5.45. The first-order chi connectivity index (χ1) is 16.1. The van der Waals surface area contributed by atoms with Crippen LogP contribution in [0.5, 0.6) is 0 Å². The van der Waals surface area contributed by atoms with Gasteiger partial charge in [0.05, 0.1) is 31.6 Å². The molecule has 2 heterocycles. The molecule has 0 spiro atoms. The number of hydrogen-bond donors (Lipinski definition) is 3. The van der Waals surface area contributed by atoms with Crippen molar-refractivity contribution < 1.29 is 18.7 Å². The van der Waals surface area contributed by atoms with Crippen molar-refractivity contribution in [3.05, 3.63) is 78.3 Å². The number of benzene rings is 2. The topological polar surface area (TPSA) is 95.8 Å². The van der Waals surface area contributed by atoms with E-state index in [1.165, 1.54) is 0 Å². The molecule has 0 bridgehead atoms. The number of morpholine rings is 1. The second-order valence-electron chi connectivity index (χ2n) is 7.81. The molecule has 8 heteroatoms. The zero-order valence-corrected chi connectivity index (χ0v) is 18.5.